The molecule has 0 radical (unpaired) electrons. The van der Waals surface area contributed by atoms with Gasteiger partial charge in [-0.25, -0.2) is 9.59 Å². The summed E-state index contributed by atoms with van der Waals surface area (Å²) < 4.78 is 15.6. The van der Waals surface area contributed by atoms with Crippen LogP contribution in [-0.2, 0) is 34.8 Å². The molecular weight excluding hydrogens is 853 g/mol. The molecule has 12 nitrogen and oxygen atoms in total. The third kappa shape index (κ3) is 21.5. The molecule has 0 unspecified atom stereocenters. The zero-order chi connectivity index (χ0) is 50.7. The van der Waals surface area contributed by atoms with Crippen LogP contribution >= 0.6 is 0 Å². The topological polar surface area (TPSA) is 188 Å². The van der Waals surface area contributed by atoms with E-state index in [1.807, 2.05) is 73.5 Å². The van der Waals surface area contributed by atoms with Gasteiger partial charge in [-0.15, -0.1) is 0 Å². The first-order valence-corrected chi connectivity index (χ1v) is 20.8. The molecule has 0 bridgehead atoms. The third-order valence-corrected chi connectivity index (χ3v) is 9.27. The van der Waals surface area contributed by atoms with E-state index in [1.54, 1.807) is 66.7 Å². The standard InChI is InChI=1S/C23H22O2.C19H20O4.C7H6O2.C3H6O.C2H4O2.CH2O/c1-17-9-11-19(12-10-17)23(2,3)20-13-15-21(16-14-20)25-22(24)18-7-5-4-6-8-18;1-13(20)22-17-9-5-15(6-10-17)19(3,4)16-7-11-18(12-8-16)23-14(2)21;8-7(9)6-4-2-1-3-5-6;1-3(2)4;1-2(3)4;1-2/h4-16H,1-3H3;5-12H,1-4H3;1-5H,(H,8,9);1-2H3;1H3,(H,3,4);1H2. The van der Waals surface area contributed by atoms with Crippen molar-refractivity contribution in [3.05, 3.63) is 197 Å². The Labute approximate surface area is 393 Å². The number of esters is 3. The summed E-state index contributed by atoms with van der Waals surface area (Å²) in [5.41, 5.74) is 6.40. The quantitative estimate of drug-likeness (QED) is 0.103. The molecule has 352 valence electrons. The highest BCUT2D eigenvalue weighted by Gasteiger charge is 2.24. The highest BCUT2D eigenvalue weighted by atomic mass is 16.5. The van der Waals surface area contributed by atoms with Crippen LogP contribution in [0.15, 0.2) is 158 Å². The van der Waals surface area contributed by atoms with E-state index in [0.717, 1.165) is 18.1 Å². The van der Waals surface area contributed by atoms with E-state index in [9.17, 15) is 24.0 Å². The van der Waals surface area contributed by atoms with Crippen LogP contribution in [0.1, 0.15) is 111 Å². The number of aryl methyl sites for hydroxylation is 1. The van der Waals surface area contributed by atoms with E-state index in [4.69, 9.17) is 34.0 Å². The Kier molecular flexibility index (Phi) is 24.5. The lowest BCUT2D eigenvalue weighted by Crippen LogP contribution is -2.18. The predicted octanol–water partition coefficient (Wildman–Crippen LogP) is 11.3. The van der Waals surface area contributed by atoms with Gasteiger partial charge in [0.05, 0.1) is 11.1 Å². The van der Waals surface area contributed by atoms with Gasteiger partial charge in [0.25, 0.3) is 5.97 Å². The summed E-state index contributed by atoms with van der Waals surface area (Å²) in [6, 6.07) is 48.6. The molecule has 2 N–H and O–H groups in total. The lowest BCUT2D eigenvalue weighted by atomic mass is 9.78. The number of Topliss-reactive ketones (excluding diaryl/α,β-unsaturated/α-hetero) is 1. The van der Waals surface area contributed by atoms with E-state index in [2.05, 4.69) is 58.9 Å². The van der Waals surface area contributed by atoms with E-state index in [-0.39, 0.29) is 34.5 Å². The van der Waals surface area contributed by atoms with Crippen molar-refractivity contribution in [3.63, 3.8) is 0 Å². The molecule has 0 aliphatic rings. The minimum atomic E-state index is -0.879. The molecule has 0 saturated carbocycles. The largest absolute Gasteiger partial charge is 0.481 e. The molecule has 6 aromatic rings. The number of carboxylic acid groups (broad SMARTS) is 2. The second kappa shape index (κ2) is 28.7. The number of carbonyl (C=O) groups excluding carboxylic acids is 5. The first-order valence-electron chi connectivity index (χ1n) is 20.8. The smallest absolute Gasteiger partial charge is 0.343 e. The van der Waals surface area contributed by atoms with Crippen molar-refractivity contribution in [3.8, 4) is 17.2 Å². The zero-order valence-electron chi connectivity index (χ0n) is 39.7. The monoisotopic (exact) mass is 912 g/mol. The number of hydrogen-bond donors (Lipinski definition) is 2. The molecule has 0 amide bonds. The predicted molar refractivity (Wildman–Crippen MR) is 259 cm³/mol. The van der Waals surface area contributed by atoms with Gasteiger partial charge >= 0.3 is 23.9 Å². The second-order valence-corrected chi connectivity index (χ2v) is 15.7. The molecule has 0 aliphatic heterocycles. The van der Waals surface area contributed by atoms with Crippen LogP contribution < -0.4 is 14.2 Å². The average Bonchev–Trinajstić information content (AvgIpc) is 3.28. The Morgan fingerprint density at radius 1 is 0.418 bits per heavy atom. The van der Waals surface area contributed by atoms with Crippen LogP contribution in [-0.4, -0.2) is 52.6 Å². The third-order valence-electron chi connectivity index (χ3n) is 9.27. The normalized spacial score (nSPS) is 9.94. The number of aromatic carboxylic acids is 1. The number of ketones is 1. The Morgan fingerprint density at radius 3 is 0.925 bits per heavy atom. The Balaban J connectivity index is 0.000000487. The van der Waals surface area contributed by atoms with Gasteiger partial charge in [0, 0.05) is 31.6 Å². The van der Waals surface area contributed by atoms with Crippen molar-refractivity contribution in [2.45, 2.75) is 80.1 Å². The number of carbonyl (C=O) groups is 7. The number of hydrogen-bond acceptors (Lipinski definition) is 10. The second-order valence-electron chi connectivity index (χ2n) is 15.7. The summed E-state index contributed by atoms with van der Waals surface area (Å²) in [6.45, 7) is 19.6. The fourth-order valence-corrected chi connectivity index (χ4v) is 5.78. The molecule has 0 aromatic heterocycles. The highest BCUT2D eigenvalue weighted by Crippen LogP contribution is 2.34. The summed E-state index contributed by atoms with van der Waals surface area (Å²) in [5, 5.41) is 15.8. The van der Waals surface area contributed by atoms with Crippen molar-refractivity contribution in [1.29, 1.82) is 0 Å². The SMILES string of the molecule is C=O.CC(=O)O.CC(=O)Oc1ccc(C(C)(C)c2ccc(OC(C)=O)cc2)cc1.CC(C)=O.Cc1ccc(C(C)(C)c2ccc(OC(=O)c3ccccc3)cc2)cc1.O=C(O)c1ccccc1. The minimum Gasteiger partial charge on any atom is -0.481 e. The highest BCUT2D eigenvalue weighted by molar-refractivity contribution is 5.91. The maximum Gasteiger partial charge on any atom is 0.343 e. The molecule has 0 fully saturated rings. The summed E-state index contributed by atoms with van der Waals surface area (Å²) in [5.74, 6) is -0.945. The minimum absolute atomic E-state index is 0.115. The van der Waals surface area contributed by atoms with Crippen molar-refractivity contribution < 1.29 is 58.0 Å². The van der Waals surface area contributed by atoms with Crippen LogP contribution in [0.2, 0.25) is 0 Å². The molecular formula is C55H60O12. The van der Waals surface area contributed by atoms with Gasteiger partial charge in [-0.1, -0.05) is 130 Å². The maximum atomic E-state index is 12.1. The fourth-order valence-electron chi connectivity index (χ4n) is 5.78. The molecule has 6 rings (SSSR count). The molecule has 0 aliphatic carbocycles. The van der Waals surface area contributed by atoms with Gasteiger partial charge in [0.2, 0.25) is 0 Å². The number of aliphatic carboxylic acids is 1. The fraction of sp³-hybridized carbons (Fsp3) is 0.218. The summed E-state index contributed by atoms with van der Waals surface area (Å²) in [4.78, 5) is 70.7. The first-order chi connectivity index (χ1) is 31.5. The van der Waals surface area contributed by atoms with Crippen molar-refractivity contribution >= 4 is 42.4 Å². The van der Waals surface area contributed by atoms with Crippen LogP contribution in [0.5, 0.6) is 17.2 Å². The van der Waals surface area contributed by atoms with Gasteiger partial charge in [-0.2, -0.15) is 0 Å². The number of rotatable bonds is 9. The molecule has 0 spiro atoms. The summed E-state index contributed by atoms with van der Waals surface area (Å²) in [6.07, 6.45) is 0. The molecule has 0 heterocycles. The number of benzene rings is 6. The zero-order valence-corrected chi connectivity index (χ0v) is 39.7. The van der Waals surface area contributed by atoms with E-state index < -0.39 is 11.9 Å². The van der Waals surface area contributed by atoms with Crippen molar-refractivity contribution in [2.24, 2.45) is 0 Å². The van der Waals surface area contributed by atoms with Crippen molar-refractivity contribution in [2.75, 3.05) is 0 Å². The van der Waals surface area contributed by atoms with Crippen LogP contribution in [0.3, 0.4) is 0 Å². The van der Waals surface area contributed by atoms with Gasteiger partial charge in [0.15, 0.2) is 0 Å². The first kappa shape index (κ1) is 57.0. The van der Waals surface area contributed by atoms with E-state index >= 15 is 0 Å². The van der Waals surface area contributed by atoms with Crippen LogP contribution in [0.4, 0.5) is 0 Å². The Bertz CT molecular complexity index is 2380. The average molecular weight is 913 g/mol. The lowest BCUT2D eigenvalue weighted by molar-refractivity contribution is -0.134. The maximum absolute atomic E-state index is 12.1. The number of ether oxygens (including phenoxy) is 3. The van der Waals surface area contributed by atoms with Crippen LogP contribution in [0.25, 0.3) is 0 Å². The molecule has 0 atom stereocenters. The molecule has 0 saturated heterocycles. The van der Waals surface area contributed by atoms with E-state index in [0.29, 0.717) is 28.4 Å². The Hall–Kier alpha value is -7.99. The molecule has 6 aromatic carbocycles. The van der Waals surface area contributed by atoms with Gasteiger partial charge in [-0.05, 0) is 104 Å². The summed E-state index contributed by atoms with van der Waals surface area (Å²) in [7, 11) is 0. The lowest BCUT2D eigenvalue weighted by Gasteiger charge is -2.26. The molecule has 12 heteroatoms. The molecule has 67 heavy (non-hydrogen) atoms. The van der Waals surface area contributed by atoms with E-state index in [1.165, 1.54) is 44.4 Å². The van der Waals surface area contributed by atoms with Gasteiger partial charge < -0.3 is 34.0 Å². The van der Waals surface area contributed by atoms with Gasteiger partial charge in [0.1, 0.15) is 29.8 Å². The Morgan fingerprint density at radius 2 is 0.672 bits per heavy atom. The van der Waals surface area contributed by atoms with Gasteiger partial charge in [-0.3, -0.25) is 14.4 Å². The van der Waals surface area contributed by atoms with Crippen LogP contribution in [0, 0.1) is 6.92 Å². The summed E-state index contributed by atoms with van der Waals surface area (Å²) >= 11 is 0. The number of carboxylic acids is 2. The van der Waals surface area contributed by atoms with Crippen molar-refractivity contribution in [1.82, 2.24) is 0 Å².